The van der Waals surface area contributed by atoms with Crippen molar-refractivity contribution >= 4 is 5.91 Å². The maximum Gasteiger partial charge on any atom is 0.246 e. The van der Waals surface area contributed by atoms with E-state index in [-0.39, 0.29) is 11.4 Å². The van der Waals surface area contributed by atoms with Crippen LogP contribution in [0.25, 0.3) is 0 Å². The first-order valence-electron chi connectivity index (χ1n) is 6.43. The van der Waals surface area contributed by atoms with E-state index in [0.717, 1.165) is 19.4 Å². The lowest BCUT2D eigenvalue weighted by atomic mass is 9.94. The minimum absolute atomic E-state index is 0.0597. The van der Waals surface area contributed by atoms with Gasteiger partial charge in [0.25, 0.3) is 0 Å². The number of hydrogen-bond donors (Lipinski definition) is 0. The Kier molecular flexibility index (Phi) is 4.36. The Morgan fingerprint density at radius 1 is 1.41 bits per heavy atom. The van der Waals surface area contributed by atoms with Crippen LogP contribution >= 0.6 is 0 Å². The third kappa shape index (κ3) is 3.32. The molecule has 1 aliphatic rings. The van der Waals surface area contributed by atoms with Crippen LogP contribution in [0.2, 0.25) is 0 Å². The largest absolute Gasteiger partial charge is 0.335 e. The van der Waals surface area contributed by atoms with Gasteiger partial charge >= 0.3 is 0 Å². The van der Waals surface area contributed by atoms with E-state index in [1.807, 2.05) is 4.90 Å². The number of nitrogens with zero attached hydrogens (tertiary/aromatic N) is 2. The lowest BCUT2D eigenvalue weighted by molar-refractivity contribution is -0.131. The van der Waals surface area contributed by atoms with Gasteiger partial charge in [0, 0.05) is 24.2 Å². The lowest BCUT2D eigenvalue weighted by Gasteiger charge is -2.45. The smallest absolute Gasteiger partial charge is 0.246 e. The summed E-state index contributed by atoms with van der Waals surface area (Å²) < 4.78 is 0. The third-order valence-corrected chi connectivity index (χ3v) is 3.92. The van der Waals surface area contributed by atoms with E-state index in [4.69, 9.17) is 0 Å². The van der Waals surface area contributed by atoms with Crippen LogP contribution in [0.5, 0.6) is 0 Å². The Labute approximate surface area is 105 Å². The first kappa shape index (κ1) is 14.2. The summed E-state index contributed by atoms with van der Waals surface area (Å²) in [5.74, 6) is 0.0597. The Bertz CT molecular complexity index is 293. The maximum atomic E-state index is 11.8. The molecule has 0 aromatic rings. The number of amides is 1. The average Bonchev–Trinajstić information content (AvgIpc) is 2.26. The van der Waals surface area contributed by atoms with Crippen LogP contribution in [-0.2, 0) is 4.79 Å². The molecule has 1 heterocycles. The van der Waals surface area contributed by atoms with Crippen molar-refractivity contribution < 1.29 is 4.79 Å². The summed E-state index contributed by atoms with van der Waals surface area (Å²) in [6.07, 6.45) is 3.66. The van der Waals surface area contributed by atoms with Crippen LogP contribution in [0, 0.1) is 0 Å². The molecule has 0 aromatic heterocycles. The highest BCUT2D eigenvalue weighted by Crippen LogP contribution is 2.25. The molecular weight excluding hydrogens is 212 g/mol. The highest BCUT2D eigenvalue weighted by Gasteiger charge is 2.33. The second-order valence-electron chi connectivity index (χ2n) is 6.06. The summed E-state index contributed by atoms with van der Waals surface area (Å²) in [6.45, 7) is 13.2. The summed E-state index contributed by atoms with van der Waals surface area (Å²) in [6, 6.07) is 0.792. The van der Waals surface area contributed by atoms with Gasteiger partial charge in [0.05, 0.1) is 0 Å². The van der Waals surface area contributed by atoms with Gasteiger partial charge in [0.2, 0.25) is 5.91 Å². The van der Waals surface area contributed by atoms with E-state index in [9.17, 15) is 4.79 Å². The summed E-state index contributed by atoms with van der Waals surface area (Å²) >= 11 is 0. The van der Waals surface area contributed by atoms with E-state index in [2.05, 4.69) is 46.2 Å². The topological polar surface area (TPSA) is 23.6 Å². The lowest BCUT2D eigenvalue weighted by Crippen LogP contribution is -2.55. The Balaban J connectivity index is 2.73. The first-order valence-corrected chi connectivity index (χ1v) is 6.43. The fraction of sp³-hybridized carbons (Fsp3) is 0.786. The van der Waals surface area contributed by atoms with Crippen LogP contribution in [0.3, 0.4) is 0 Å². The molecule has 0 unspecified atom stereocenters. The second kappa shape index (κ2) is 5.21. The molecule has 1 rings (SSSR count). The molecule has 1 saturated heterocycles. The predicted molar refractivity (Wildman–Crippen MR) is 71.9 cm³/mol. The zero-order valence-corrected chi connectivity index (χ0v) is 11.9. The molecule has 1 aliphatic heterocycles. The van der Waals surface area contributed by atoms with Crippen molar-refractivity contribution in [1.82, 2.24) is 9.80 Å². The predicted octanol–water partition coefficient (Wildman–Crippen LogP) is 2.28. The number of likely N-dealkylation sites (tertiary alicyclic amines) is 1. The molecule has 0 aliphatic carbocycles. The molecule has 0 N–H and O–H groups in total. The van der Waals surface area contributed by atoms with Gasteiger partial charge in [-0.2, -0.15) is 0 Å². The molecule has 2 atom stereocenters. The fourth-order valence-electron chi connectivity index (χ4n) is 2.38. The van der Waals surface area contributed by atoms with Crippen molar-refractivity contribution in [3.63, 3.8) is 0 Å². The number of likely N-dealkylation sites (N-methyl/N-ethyl adjacent to an activating group) is 1. The molecule has 0 bridgehead atoms. The van der Waals surface area contributed by atoms with E-state index in [0.29, 0.717) is 12.1 Å². The van der Waals surface area contributed by atoms with Gasteiger partial charge in [-0.25, -0.2) is 0 Å². The van der Waals surface area contributed by atoms with Gasteiger partial charge in [0.15, 0.2) is 0 Å². The average molecular weight is 238 g/mol. The quantitative estimate of drug-likeness (QED) is 0.689. The Morgan fingerprint density at radius 3 is 2.47 bits per heavy atom. The number of carbonyl (C=O) groups is 1. The third-order valence-electron chi connectivity index (χ3n) is 3.92. The first-order chi connectivity index (χ1) is 7.77. The molecule has 0 aromatic carbocycles. The highest BCUT2D eigenvalue weighted by molar-refractivity contribution is 5.87. The van der Waals surface area contributed by atoms with Crippen LogP contribution in [-0.4, -0.2) is 46.9 Å². The van der Waals surface area contributed by atoms with E-state index in [1.165, 1.54) is 6.08 Å². The maximum absolute atomic E-state index is 11.8. The van der Waals surface area contributed by atoms with Gasteiger partial charge in [-0.05, 0) is 53.7 Å². The fourth-order valence-corrected chi connectivity index (χ4v) is 2.38. The van der Waals surface area contributed by atoms with E-state index in [1.54, 1.807) is 0 Å². The minimum atomic E-state index is 0.0597. The van der Waals surface area contributed by atoms with Gasteiger partial charge in [-0.3, -0.25) is 9.69 Å². The molecule has 1 fully saturated rings. The standard InChI is InChI=1S/C14H26N2O/c1-7-13(17)16-10-12(9-8-11(16)2)15(6)14(3,4)5/h7,11-12H,1,8-10H2,2-6H3/t11-,12+/m0/s1. The van der Waals surface area contributed by atoms with Crippen molar-refractivity contribution in [2.24, 2.45) is 0 Å². The number of hydrogen-bond acceptors (Lipinski definition) is 2. The van der Waals surface area contributed by atoms with Gasteiger partial charge in [-0.15, -0.1) is 0 Å². The Morgan fingerprint density at radius 2 is 2.00 bits per heavy atom. The van der Waals surface area contributed by atoms with Gasteiger partial charge in [-0.1, -0.05) is 6.58 Å². The number of piperidine rings is 1. The van der Waals surface area contributed by atoms with E-state index >= 15 is 0 Å². The van der Waals surface area contributed by atoms with Crippen molar-refractivity contribution in [3.05, 3.63) is 12.7 Å². The molecular formula is C14H26N2O. The SMILES string of the molecule is C=CC(=O)N1C[C@H](N(C)C(C)(C)C)CC[C@@H]1C. The van der Waals surface area contributed by atoms with Crippen LogP contribution in [0.4, 0.5) is 0 Å². The molecule has 3 nitrogen and oxygen atoms in total. The molecule has 1 amide bonds. The number of rotatable bonds is 2. The van der Waals surface area contributed by atoms with Crippen LogP contribution < -0.4 is 0 Å². The summed E-state index contributed by atoms with van der Waals surface area (Å²) in [7, 11) is 2.15. The number of carbonyl (C=O) groups excluding carboxylic acids is 1. The van der Waals surface area contributed by atoms with Crippen LogP contribution in [0.1, 0.15) is 40.5 Å². The van der Waals surface area contributed by atoms with E-state index < -0.39 is 0 Å². The minimum Gasteiger partial charge on any atom is -0.335 e. The van der Waals surface area contributed by atoms with Gasteiger partial charge in [0.1, 0.15) is 0 Å². The van der Waals surface area contributed by atoms with Gasteiger partial charge < -0.3 is 4.90 Å². The molecule has 0 spiro atoms. The highest BCUT2D eigenvalue weighted by atomic mass is 16.2. The Hall–Kier alpha value is -0.830. The zero-order valence-electron chi connectivity index (χ0n) is 11.9. The summed E-state index contributed by atoms with van der Waals surface area (Å²) in [4.78, 5) is 16.1. The van der Waals surface area contributed by atoms with Crippen LogP contribution in [0.15, 0.2) is 12.7 Å². The molecule has 3 heteroatoms. The van der Waals surface area contributed by atoms with Crippen molar-refractivity contribution in [1.29, 1.82) is 0 Å². The zero-order chi connectivity index (χ0) is 13.2. The normalized spacial score (nSPS) is 26.1. The summed E-state index contributed by atoms with van der Waals surface area (Å²) in [5.41, 5.74) is 0.147. The molecule has 17 heavy (non-hydrogen) atoms. The van der Waals surface area contributed by atoms with Crippen molar-refractivity contribution in [3.8, 4) is 0 Å². The molecule has 98 valence electrons. The van der Waals surface area contributed by atoms with Crippen molar-refractivity contribution in [2.45, 2.75) is 58.2 Å². The molecule has 0 saturated carbocycles. The summed E-state index contributed by atoms with van der Waals surface area (Å²) in [5, 5.41) is 0. The molecule has 0 radical (unpaired) electrons. The second-order valence-corrected chi connectivity index (χ2v) is 6.06. The van der Waals surface area contributed by atoms with Crippen molar-refractivity contribution in [2.75, 3.05) is 13.6 Å². The monoisotopic (exact) mass is 238 g/mol.